The Morgan fingerprint density at radius 3 is 1.07 bits per heavy atom. The number of aliphatic hydroxyl groups excluding tert-OH is 25. The van der Waals surface area contributed by atoms with Crippen LogP contribution in [0.1, 0.15) is 6.92 Å². The third-order valence-corrected chi connectivity index (χ3v) is 17.5. The van der Waals surface area contributed by atoms with E-state index in [1.807, 2.05) is 0 Å². The van der Waals surface area contributed by atoms with Gasteiger partial charge in [0.1, 0.15) is 202 Å². The Bertz CT molecular complexity index is 2400. The molecule has 27 N–H and O–H groups in total. The number of carbonyl (C=O) groups excluding carboxylic acids is 2. The normalized spacial score (nSPS) is 50.4. The van der Waals surface area contributed by atoms with Crippen molar-refractivity contribution in [2.45, 2.75) is 252 Å². The highest BCUT2D eigenvalue weighted by molar-refractivity contribution is 5.77. The molecule has 8 fully saturated rings. The van der Waals surface area contributed by atoms with Crippen LogP contribution in [0.4, 0.5) is 0 Å². The van der Waals surface area contributed by atoms with Crippen molar-refractivity contribution in [3.05, 3.63) is 0 Å². The number of aliphatic hydroxyl groups is 25. The Morgan fingerprint density at radius 1 is 0.292 bits per heavy atom. The molecular formula is C52H88N2O42. The molecule has 0 bridgehead atoms. The Hall–Kier alpha value is -2.66. The third-order valence-electron chi connectivity index (χ3n) is 17.5. The summed E-state index contributed by atoms with van der Waals surface area (Å²) >= 11 is 0. The van der Waals surface area contributed by atoms with Crippen molar-refractivity contribution < 1.29 is 208 Å². The minimum absolute atomic E-state index is 0.920. The minimum atomic E-state index is -2.51. The molecule has 44 heteroatoms. The molecule has 8 rings (SSSR count). The number of hydrogen-bond donors (Lipinski definition) is 27. The highest BCUT2D eigenvalue weighted by Crippen LogP contribution is 2.38. The van der Waals surface area contributed by atoms with Crippen LogP contribution in [0.5, 0.6) is 0 Å². The summed E-state index contributed by atoms with van der Waals surface area (Å²) in [7, 11) is 0. The molecule has 0 unspecified atom stereocenters. The summed E-state index contributed by atoms with van der Waals surface area (Å²) in [6, 6.07) is -3.68. The minimum Gasteiger partial charge on any atom is -0.394 e. The van der Waals surface area contributed by atoms with Crippen molar-refractivity contribution in [1.82, 2.24) is 10.6 Å². The smallest absolute Gasteiger partial charge is 0.246 e. The fraction of sp³-hybridized carbons (Fsp3) is 0.962. The summed E-state index contributed by atoms with van der Waals surface area (Å²) in [6.07, 6.45) is -78.7. The predicted molar refractivity (Wildman–Crippen MR) is 289 cm³/mol. The zero-order chi connectivity index (χ0) is 70.6. The topological polar surface area (TPSA) is 702 Å². The van der Waals surface area contributed by atoms with Crippen LogP contribution in [0.3, 0.4) is 0 Å². The molecule has 0 aromatic carbocycles. The van der Waals surface area contributed by atoms with E-state index in [2.05, 4.69) is 10.6 Å². The van der Waals surface area contributed by atoms with Gasteiger partial charge in [0.05, 0.1) is 52.9 Å². The average Bonchev–Trinajstić information content (AvgIpc) is 0.777. The summed E-state index contributed by atoms with van der Waals surface area (Å²) in [4.78, 5) is 25.0. The van der Waals surface area contributed by atoms with E-state index < -0.39 is 317 Å². The van der Waals surface area contributed by atoms with Crippen LogP contribution >= 0.6 is 0 Å². The maximum absolute atomic E-state index is 12.8. The van der Waals surface area contributed by atoms with Crippen molar-refractivity contribution in [2.75, 3.05) is 59.5 Å². The molecule has 0 radical (unpaired) electrons. The molecule has 44 nitrogen and oxygen atoms in total. The summed E-state index contributed by atoms with van der Waals surface area (Å²) < 4.78 is 86.5. The summed E-state index contributed by atoms with van der Waals surface area (Å²) in [5.74, 6) is -2.06. The van der Waals surface area contributed by atoms with Crippen LogP contribution in [0, 0.1) is 0 Å². The van der Waals surface area contributed by atoms with E-state index in [-0.39, 0.29) is 0 Å². The van der Waals surface area contributed by atoms with Gasteiger partial charge in [-0.1, -0.05) is 0 Å². The van der Waals surface area contributed by atoms with Crippen molar-refractivity contribution in [2.24, 2.45) is 0 Å². The van der Waals surface area contributed by atoms with E-state index in [0.29, 0.717) is 0 Å². The monoisotopic (exact) mass is 1410 g/mol. The highest BCUT2D eigenvalue weighted by atomic mass is 16.8. The first kappa shape index (κ1) is 79.0. The zero-order valence-corrected chi connectivity index (χ0v) is 50.6. The molecular weight excluding hydrogens is 1320 g/mol. The Morgan fingerprint density at radius 2 is 0.615 bits per heavy atom. The SMILES string of the molecule is CC(=O)N[C@H]1[C@H](O[C@H]2[C@H](O)[C@@H](NC(=O)CO)[C@H](O)O[C@@H]2CO)O[C@H](CO)[C@@H](O[C@@H]2O[C@H](CO[C@@H]3O[C@H](CO[C@@H]4O[C@H](CO)[C@@H](O)[C@H](O)[C@@H]4O)[C@@H](O)[C@H](O[C@@H]4O[C@H](CO)[C@@H](O)[C@H](O)[C@@H]4O)[C@@H]3O)[C@@H](O)[C@H](O[C@@H]3O[C@H](CO)[C@@H](O)[C@H](O)[C@@H]3O[C@H]3O[C@H](CO)[C@@H](O)[C@H](O)[C@@H]3O)[C@@H]2O)[C@@H]1O. The van der Waals surface area contributed by atoms with Gasteiger partial charge in [-0.25, -0.2) is 0 Å². The molecule has 96 heavy (non-hydrogen) atoms. The van der Waals surface area contributed by atoms with E-state index in [4.69, 9.17) is 71.1 Å². The van der Waals surface area contributed by atoms with Crippen molar-refractivity contribution in [1.29, 1.82) is 0 Å². The summed E-state index contributed by atoms with van der Waals surface area (Å²) in [6.45, 7) is -8.57. The average molecular weight is 1410 g/mol. The number of carbonyl (C=O) groups is 2. The van der Waals surface area contributed by atoms with Gasteiger partial charge in [-0.2, -0.15) is 0 Å². The van der Waals surface area contributed by atoms with Crippen LogP contribution < -0.4 is 10.6 Å². The van der Waals surface area contributed by atoms with Crippen molar-refractivity contribution in [3.8, 4) is 0 Å². The molecule has 558 valence electrons. The largest absolute Gasteiger partial charge is 0.394 e. The molecule has 2 amide bonds. The van der Waals surface area contributed by atoms with Crippen LogP contribution in [0.25, 0.3) is 0 Å². The van der Waals surface area contributed by atoms with Gasteiger partial charge in [0, 0.05) is 6.92 Å². The molecule has 8 heterocycles. The second kappa shape index (κ2) is 34.5. The maximum Gasteiger partial charge on any atom is 0.246 e. The van der Waals surface area contributed by atoms with Crippen LogP contribution in [-0.4, -0.2) is 444 Å². The molecule has 0 aromatic heterocycles. The van der Waals surface area contributed by atoms with Crippen molar-refractivity contribution in [3.63, 3.8) is 0 Å². The molecule has 0 aliphatic carbocycles. The molecule has 0 aromatic rings. The first-order valence-corrected chi connectivity index (χ1v) is 30.3. The van der Waals surface area contributed by atoms with Gasteiger partial charge in [0.25, 0.3) is 0 Å². The standard InChI is InChI=1S/C52H88N2O42/c1-11(62)53-22-30(71)41(17(7-60)89-46(22)92-40-16(6-59)84-45(81)21(29(40)70)54-20(63)8-61)93-51-39(80)43(95-52-44(34(75)26(67)15(5-58)88-52)96-50-37(78)33(74)25(66)14(4-57)87-50)28(69)19(91-51)10-83-48-38(79)42(94-49-36(77)32(73)24(65)13(3-56)86-49)27(68)18(90-48)9-82-47-35(76)31(72)23(64)12(2-55)85-47/h12-19,21-52,55-61,64-81H,2-10H2,1H3,(H,53,62)(H,54,63)/t12-,13-,14-,15-,16-,17-,18-,19-,21-,22-,23-,24-,25-,26-,27-,28-,29-,30-,31+,32+,33+,34+,35+,36+,37+,38+,39+,40-,41-,42+,43+,44+,45-,46+,47-,48-,49+,50-,51+,52+/m1/s1. The van der Waals surface area contributed by atoms with E-state index in [0.717, 1.165) is 6.92 Å². The fourth-order valence-electron chi connectivity index (χ4n) is 12.1. The van der Waals surface area contributed by atoms with Gasteiger partial charge in [-0.05, 0) is 0 Å². The van der Waals surface area contributed by atoms with Crippen molar-refractivity contribution >= 4 is 11.8 Å². The van der Waals surface area contributed by atoms with E-state index in [1.54, 1.807) is 0 Å². The highest BCUT2D eigenvalue weighted by Gasteiger charge is 2.59. The van der Waals surface area contributed by atoms with E-state index in [9.17, 15) is 137 Å². The number of amides is 2. The second-order valence-corrected chi connectivity index (χ2v) is 23.9. The Kier molecular flexibility index (Phi) is 28.4. The lowest BCUT2D eigenvalue weighted by atomic mass is 9.94. The van der Waals surface area contributed by atoms with E-state index >= 15 is 0 Å². The maximum atomic E-state index is 12.8. The quantitative estimate of drug-likeness (QED) is 0.0404. The van der Waals surface area contributed by atoms with E-state index in [1.165, 1.54) is 0 Å². The molecule has 8 aliphatic heterocycles. The fourth-order valence-corrected chi connectivity index (χ4v) is 12.1. The third kappa shape index (κ3) is 17.0. The van der Waals surface area contributed by atoms with Gasteiger partial charge in [-0.3, -0.25) is 9.59 Å². The van der Waals surface area contributed by atoms with Gasteiger partial charge in [-0.15, -0.1) is 0 Å². The lowest BCUT2D eigenvalue weighted by Crippen LogP contribution is -2.70. The van der Waals surface area contributed by atoms with Crippen LogP contribution in [0.2, 0.25) is 0 Å². The number of nitrogens with one attached hydrogen (secondary N) is 2. The summed E-state index contributed by atoms with van der Waals surface area (Å²) in [5.41, 5.74) is 0. The summed E-state index contributed by atoms with van der Waals surface area (Å²) in [5, 5.41) is 275. The lowest BCUT2D eigenvalue weighted by molar-refractivity contribution is -0.399. The van der Waals surface area contributed by atoms with Crippen LogP contribution in [-0.2, 0) is 80.6 Å². The molecule has 8 saturated heterocycles. The zero-order valence-electron chi connectivity index (χ0n) is 50.6. The first-order chi connectivity index (χ1) is 45.5. The molecule has 0 saturated carbocycles. The van der Waals surface area contributed by atoms with Crippen LogP contribution in [0.15, 0.2) is 0 Å². The Balaban J connectivity index is 1.12. The first-order valence-electron chi connectivity index (χ1n) is 30.3. The van der Waals surface area contributed by atoms with Gasteiger partial charge < -0.3 is 209 Å². The lowest BCUT2D eigenvalue weighted by Gasteiger charge is -2.50. The predicted octanol–water partition coefficient (Wildman–Crippen LogP) is -19.2. The van der Waals surface area contributed by atoms with Gasteiger partial charge in [0.15, 0.2) is 50.3 Å². The van der Waals surface area contributed by atoms with Gasteiger partial charge in [0.2, 0.25) is 11.8 Å². The number of ether oxygens (including phenoxy) is 15. The van der Waals surface area contributed by atoms with Gasteiger partial charge >= 0.3 is 0 Å². The second-order valence-electron chi connectivity index (χ2n) is 23.9. The molecule has 0 spiro atoms. The number of hydrogen-bond acceptors (Lipinski definition) is 42. The molecule has 40 atom stereocenters. The molecule has 8 aliphatic rings. The number of rotatable bonds is 25. The Labute approximate surface area is 541 Å².